The molecule has 1 aliphatic heterocycles. The number of hydrogen-bond acceptors (Lipinski definition) is 3. The lowest BCUT2D eigenvalue weighted by Crippen LogP contribution is -2.42. The number of amides is 1. The molecule has 1 aliphatic rings. The van der Waals surface area contributed by atoms with E-state index in [4.69, 9.17) is 0 Å². The molecule has 0 spiro atoms. The number of anilines is 1. The van der Waals surface area contributed by atoms with E-state index in [1.54, 1.807) is 23.1 Å². The summed E-state index contributed by atoms with van der Waals surface area (Å²) in [7, 11) is 0. The normalized spacial score (nSPS) is 17.8. The second-order valence-corrected chi connectivity index (χ2v) is 7.99. The number of rotatable bonds is 6. The topological polar surface area (TPSA) is 57.6 Å². The summed E-state index contributed by atoms with van der Waals surface area (Å²) in [5.41, 5.74) is 2.91. The molecule has 152 valence electrons. The molecule has 3 aromatic carbocycles. The average Bonchev–Trinajstić information content (AvgIpc) is 2.94. The predicted molar refractivity (Wildman–Crippen MR) is 118 cm³/mol. The Morgan fingerprint density at radius 2 is 1.67 bits per heavy atom. The molecule has 4 nitrogen and oxygen atoms in total. The van der Waals surface area contributed by atoms with Crippen molar-refractivity contribution >= 4 is 17.4 Å². The minimum atomic E-state index is -1.85. The van der Waals surface area contributed by atoms with Gasteiger partial charge in [0.1, 0.15) is 0 Å². The van der Waals surface area contributed by atoms with Gasteiger partial charge in [-0.1, -0.05) is 72.3 Å². The third kappa shape index (κ3) is 3.55. The Kier molecular flexibility index (Phi) is 5.27. The summed E-state index contributed by atoms with van der Waals surface area (Å²) in [6.45, 7) is 4.29. The number of para-hydroxylation sites is 1. The summed E-state index contributed by atoms with van der Waals surface area (Å²) in [6.07, 6.45) is 0.399. The Hall–Kier alpha value is -3.24. The molecule has 1 amide bonds. The van der Waals surface area contributed by atoms with Gasteiger partial charge >= 0.3 is 0 Å². The largest absolute Gasteiger partial charge is 0.375 e. The molecule has 4 heteroatoms. The van der Waals surface area contributed by atoms with Crippen molar-refractivity contribution in [1.29, 1.82) is 0 Å². The van der Waals surface area contributed by atoms with Gasteiger partial charge in [0.2, 0.25) is 0 Å². The summed E-state index contributed by atoms with van der Waals surface area (Å²) in [5, 5.41) is 11.4. The van der Waals surface area contributed by atoms with Crippen molar-refractivity contribution < 1.29 is 14.7 Å². The van der Waals surface area contributed by atoms with Crippen LogP contribution in [-0.4, -0.2) is 23.3 Å². The molecule has 0 fully saturated rings. The van der Waals surface area contributed by atoms with Crippen molar-refractivity contribution in [3.05, 3.63) is 101 Å². The van der Waals surface area contributed by atoms with Gasteiger partial charge in [0, 0.05) is 17.7 Å². The monoisotopic (exact) mass is 399 g/mol. The minimum absolute atomic E-state index is 0.233. The fourth-order valence-electron chi connectivity index (χ4n) is 4.24. The predicted octanol–water partition coefficient (Wildman–Crippen LogP) is 4.35. The Labute approximate surface area is 176 Å². The van der Waals surface area contributed by atoms with Crippen molar-refractivity contribution in [3.63, 3.8) is 0 Å². The average molecular weight is 399 g/mol. The zero-order chi connectivity index (χ0) is 21.3. The first-order valence-corrected chi connectivity index (χ1v) is 10.2. The van der Waals surface area contributed by atoms with Crippen molar-refractivity contribution in [3.8, 4) is 0 Å². The third-order valence-electron chi connectivity index (χ3n) is 5.80. The highest BCUT2D eigenvalue weighted by Gasteiger charge is 2.50. The summed E-state index contributed by atoms with van der Waals surface area (Å²) in [5.74, 6) is -0.666. The van der Waals surface area contributed by atoms with Gasteiger partial charge in [-0.2, -0.15) is 0 Å². The number of benzene rings is 3. The maximum atomic E-state index is 13.3. The van der Waals surface area contributed by atoms with Gasteiger partial charge in [-0.05, 0) is 37.5 Å². The van der Waals surface area contributed by atoms with E-state index in [0.29, 0.717) is 29.8 Å². The van der Waals surface area contributed by atoms with Gasteiger partial charge in [-0.15, -0.1) is 0 Å². The van der Waals surface area contributed by atoms with E-state index in [-0.39, 0.29) is 12.2 Å². The maximum absolute atomic E-state index is 13.3. The molecule has 0 bridgehead atoms. The van der Waals surface area contributed by atoms with Crippen LogP contribution in [0, 0.1) is 13.8 Å². The van der Waals surface area contributed by atoms with Crippen LogP contribution in [0.1, 0.15) is 39.0 Å². The molecule has 0 unspecified atom stereocenters. The molecule has 1 heterocycles. The smallest absolute Gasteiger partial charge is 0.264 e. The molecule has 3 aromatic rings. The zero-order valence-corrected chi connectivity index (χ0v) is 17.3. The first-order chi connectivity index (χ1) is 14.4. The molecule has 0 saturated heterocycles. The van der Waals surface area contributed by atoms with Crippen LogP contribution in [0.25, 0.3) is 0 Å². The molecular weight excluding hydrogens is 374 g/mol. The van der Waals surface area contributed by atoms with Crippen molar-refractivity contribution in [2.75, 3.05) is 11.4 Å². The molecule has 30 heavy (non-hydrogen) atoms. The molecule has 1 atom stereocenters. The van der Waals surface area contributed by atoms with Crippen molar-refractivity contribution in [2.45, 2.75) is 32.3 Å². The lowest BCUT2D eigenvalue weighted by Gasteiger charge is -2.23. The van der Waals surface area contributed by atoms with E-state index in [2.05, 4.69) is 0 Å². The van der Waals surface area contributed by atoms with Gasteiger partial charge < -0.3 is 10.0 Å². The van der Waals surface area contributed by atoms with Gasteiger partial charge in [-0.25, -0.2) is 0 Å². The molecule has 0 radical (unpaired) electrons. The second kappa shape index (κ2) is 7.88. The van der Waals surface area contributed by atoms with Crippen LogP contribution in [0.5, 0.6) is 0 Å². The lowest BCUT2D eigenvalue weighted by atomic mass is 9.87. The maximum Gasteiger partial charge on any atom is 0.264 e. The molecule has 0 saturated carbocycles. The first-order valence-electron chi connectivity index (χ1n) is 10.2. The zero-order valence-electron chi connectivity index (χ0n) is 17.3. The summed E-state index contributed by atoms with van der Waals surface area (Å²) < 4.78 is 0. The summed E-state index contributed by atoms with van der Waals surface area (Å²) >= 11 is 0. The van der Waals surface area contributed by atoms with Crippen LogP contribution in [0.4, 0.5) is 5.69 Å². The quantitative estimate of drug-likeness (QED) is 0.627. The lowest BCUT2D eigenvalue weighted by molar-refractivity contribution is -0.135. The number of Topliss-reactive ketones (excluding diaryl/α,β-unsaturated/α-hetero) is 1. The number of fused-ring (bicyclic) bond motifs is 1. The fourth-order valence-corrected chi connectivity index (χ4v) is 4.24. The number of hydrogen-bond donors (Lipinski definition) is 1. The van der Waals surface area contributed by atoms with E-state index >= 15 is 0 Å². The van der Waals surface area contributed by atoms with Gasteiger partial charge in [0.05, 0.1) is 12.1 Å². The number of aryl methyl sites for hydroxylation is 2. The molecule has 1 N–H and O–H groups in total. The Morgan fingerprint density at radius 3 is 2.40 bits per heavy atom. The fraction of sp³-hybridized carbons (Fsp3) is 0.231. The van der Waals surface area contributed by atoms with E-state index in [0.717, 1.165) is 16.7 Å². The van der Waals surface area contributed by atoms with Gasteiger partial charge in [0.25, 0.3) is 5.91 Å². The number of carbonyl (C=O) groups is 2. The third-order valence-corrected chi connectivity index (χ3v) is 5.80. The van der Waals surface area contributed by atoms with Crippen LogP contribution in [0.3, 0.4) is 0 Å². The van der Waals surface area contributed by atoms with E-state index in [1.807, 2.05) is 68.4 Å². The SMILES string of the molecule is Cc1ccc(C(=O)C[C@]2(O)C(=O)N(CCc3ccccc3)c3ccccc32)c(C)c1. The van der Waals surface area contributed by atoms with Crippen molar-refractivity contribution in [2.24, 2.45) is 0 Å². The van der Waals surface area contributed by atoms with Gasteiger partial charge in [-0.3, -0.25) is 9.59 Å². The Bertz CT molecular complexity index is 1110. The first kappa shape index (κ1) is 20.0. The van der Waals surface area contributed by atoms with Gasteiger partial charge in [0.15, 0.2) is 11.4 Å². The Balaban J connectivity index is 1.62. The minimum Gasteiger partial charge on any atom is -0.375 e. The standard InChI is InChI=1S/C26H25NO3/c1-18-12-13-21(19(2)16-18)24(28)17-26(30)22-10-6-7-11-23(22)27(25(26)29)15-14-20-8-4-3-5-9-20/h3-13,16,30H,14-15,17H2,1-2H3/t26-/m1/s1. The highest BCUT2D eigenvalue weighted by atomic mass is 16.3. The van der Waals surface area contributed by atoms with Crippen LogP contribution >= 0.6 is 0 Å². The van der Waals surface area contributed by atoms with E-state index in [9.17, 15) is 14.7 Å². The summed E-state index contributed by atoms with van der Waals surface area (Å²) in [6, 6.07) is 22.7. The molecule has 0 aromatic heterocycles. The highest BCUT2D eigenvalue weighted by Crippen LogP contribution is 2.43. The number of aliphatic hydroxyl groups is 1. The summed E-state index contributed by atoms with van der Waals surface area (Å²) in [4.78, 5) is 28.0. The number of ketones is 1. The van der Waals surface area contributed by atoms with Crippen molar-refractivity contribution in [1.82, 2.24) is 0 Å². The van der Waals surface area contributed by atoms with Crippen LogP contribution in [-0.2, 0) is 16.8 Å². The number of carbonyl (C=O) groups excluding carboxylic acids is 2. The van der Waals surface area contributed by atoms with Crippen LogP contribution in [0.2, 0.25) is 0 Å². The second-order valence-electron chi connectivity index (χ2n) is 7.99. The van der Waals surface area contributed by atoms with E-state index in [1.165, 1.54) is 0 Å². The van der Waals surface area contributed by atoms with E-state index < -0.39 is 11.5 Å². The van der Waals surface area contributed by atoms with Crippen LogP contribution < -0.4 is 4.90 Å². The Morgan fingerprint density at radius 1 is 0.967 bits per heavy atom. The molecule has 4 rings (SSSR count). The number of nitrogens with zero attached hydrogens (tertiary/aromatic N) is 1. The van der Waals surface area contributed by atoms with Crippen LogP contribution in [0.15, 0.2) is 72.8 Å². The molecule has 0 aliphatic carbocycles. The highest BCUT2D eigenvalue weighted by molar-refractivity contribution is 6.11. The molecular formula is C26H25NO3.